The van der Waals surface area contributed by atoms with E-state index in [2.05, 4.69) is 10.3 Å². The second-order valence-corrected chi connectivity index (χ2v) is 9.93. The van der Waals surface area contributed by atoms with Crippen molar-refractivity contribution in [1.29, 1.82) is 0 Å². The molecule has 184 valence electrons. The number of benzene rings is 2. The Morgan fingerprint density at radius 2 is 1.71 bits per heavy atom. The van der Waals surface area contributed by atoms with E-state index in [1.165, 1.54) is 12.1 Å². The molecular formula is C24H21F4N3O3S. The SMILES string of the molecule is O=C(NCc1cccc(-c2ccc(C(F)(F)F)cc2)n1)[C@@H]1CCCN1S(=O)(=O)c1ccc(F)cc1. The van der Waals surface area contributed by atoms with Gasteiger partial charge in [0.25, 0.3) is 0 Å². The normalized spacial score (nSPS) is 16.9. The van der Waals surface area contributed by atoms with Crippen molar-refractivity contribution in [3.8, 4) is 11.3 Å². The van der Waals surface area contributed by atoms with Gasteiger partial charge in [-0.3, -0.25) is 9.78 Å². The fourth-order valence-electron chi connectivity index (χ4n) is 3.90. The molecule has 4 rings (SSSR count). The van der Waals surface area contributed by atoms with Gasteiger partial charge in [-0.25, -0.2) is 12.8 Å². The van der Waals surface area contributed by atoms with Gasteiger partial charge in [0, 0.05) is 12.1 Å². The molecule has 1 saturated heterocycles. The summed E-state index contributed by atoms with van der Waals surface area (Å²) in [4.78, 5) is 17.1. The Labute approximate surface area is 199 Å². The van der Waals surface area contributed by atoms with E-state index in [0.717, 1.165) is 40.7 Å². The smallest absolute Gasteiger partial charge is 0.349 e. The molecule has 1 N–H and O–H groups in total. The molecule has 3 aromatic rings. The molecule has 0 bridgehead atoms. The molecular weight excluding hydrogens is 486 g/mol. The summed E-state index contributed by atoms with van der Waals surface area (Å²) >= 11 is 0. The fraction of sp³-hybridized carbons (Fsp3) is 0.250. The molecule has 0 unspecified atom stereocenters. The molecule has 2 aromatic carbocycles. The van der Waals surface area contributed by atoms with Crippen LogP contribution in [-0.2, 0) is 27.5 Å². The Morgan fingerprint density at radius 1 is 1.03 bits per heavy atom. The molecule has 1 aromatic heterocycles. The Balaban J connectivity index is 1.44. The van der Waals surface area contributed by atoms with Crippen molar-refractivity contribution in [3.63, 3.8) is 0 Å². The highest BCUT2D eigenvalue weighted by Gasteiger charge is 2.39. The van der Waals surface area contributed by atoms with Gasteiger partial charge in [0.05, 0.1) is 28.4 Å². The number of amides is 1. The average molecular weight is 508 g/mol. The van der Waals surface area contributed by atoms with Crippen molar-refractivity contribution in [2.24, 2.45) is 0 Å². The van der Waals surface area contributed by atoms with Crippen LogP contribution in [0.4, 0.5) is 17.6 Å². The Kier molecular flexibility index (Phi) is 6.91. The summed E-state index contributed by atoms with van der Waals surface area (Å²) in [7, 11) is -3.98. The van der Waals surface area contributed by atoms with Gasteiger partial charge in [0.15, 0.2) is 0 Å². The lowest BCUT2D eigenvalue weighted by molar-refractivity contribution is -0.137. The van der Waals surface area contributed by atoms with Crippen LogP contribution in [0.5, 0.6) is 0 Å². The minimum Gasteiger partial charge on any atom is -0.349 e. The minimum atomic E-state index is -4.43. The summed E-state index contributed by atoms with van der Waals surface area (Å²) in [6, 6.07) is 13.1. The van der Waals surface area contributed by atoms with E-state index in [1.54, 1.807) is 18.2 Å². The van der Waals surface area contributed by atoms with E-state index in [4.69, 9.17) is 0 Å². The minimum absolute atomic E-state index is 0.00818. The first-order chi connectivity index (χ1) is 16.6. The molecule has 1 amide bonds. The average Bonchev–Trinajstić information content (AvgIpc) is 3.34. The number of rotatable bonds is 6. The maximum absolute atomic E-state index is 13.2. The Morgan fingerprint density at radius 3 is 2.37 bits per heavy atom. The van der Waals surface area contributed by atoms with Gasteiger partial charge in [-0.1, -0.05) is 18.2 Å². The van der Waals surface area contributed by atoms with Crippen molar-refractivity contribution < 1.29 is 30.8 Å². The lowest BCUT2D eigenvalue weighted by Crippen LogP contribution is -2.45. The molecule has 0 spiro atoms. The summed E-state index contributed by atoms with van der Waals surface area (Å²) in [5.41, 5.74) is 0.619. The van der Waals surface area contributed by atoms with E-state index in [1.807, 2.05) is 0 Å². The number of nitrogens with one attached hydrogen (secondary N) is 1. The molecule has 1 aliphatic rings. The Bertz CT molecular complexity index is 1310. The first-order valence-corrected chi connectivity index (χ1v) is 12.2. The summed E-state index contributed by atoms with van der Waals surface area (Å²) in [6.07, 6.45) is -3.60. The van der Waals surface area contributed by atoms with Crippen molar-refractivity contribution in [2.45, 2.75) is 36.5 Å². The molecule has 0 aliphatic carbocycles. The van der Waals surface area contributed by atoms with Crippen LogP contribution in [0.15, 0.2) is 71.6 Å². The van der Waals surface area contributed by atoms with Crippen LogP contribution >= 0.6 is 0 Å². The Hall–Kier alpha value is -3.31. The molecule has 6 nitrogen and oxygen atoms in total. The summed E-state index contributed by atoms with van der Waals surface area (Å²) < 4.78 is 78.6. The maximum Gasteiger partial charge on any atom is 0.416 e. The molecule has 11 heteroatoms. The second-order valence-electron chi connectivity index (χ2n) is 8.03. The van der Waals surface area contributed by atoms with Gasteiger partial charge in [0.2, 0.25) is 15.9 Å². The van der Waals surface area contributed by atoms with Gasteiger partial charge < -0.3 is 5.32 Å². The summed E-state index contributed by atoms with van der Waals surface area (Å²) in [5.74, 6) is -1.05. The number of pyridine rings is 1. The van der Waals surface area contributed by atoms with Gasteiger partial charge in [-0.2, -0.15) is 17.5 Å². The van der Waals surface area contributed by atoms with Crippen molar-refractivity contribution in [1.82, 2.24) is 14.6 Å². The van der Waals surface area contributed by atoms with Gasteiger partial charge in [0.1, 0.15) is 11.9 Å². The van der Waals surface area contributed by atoms with Crippen LogP contribution in [0.1, 0.15) is 24.1 Å². The quantitative estimate of drug-likeness (QED) is 0.503. The van der Waals surface area contributed by atoms with Crippen LogP contribution in [0, 0.1) is 5.82 Å². The first kappa shape index (κ1) is 24.8. The molecule has 0 saturated carbocycles. The van der Waals surface area contributed by atoms with E-state index in [-0.39, 0.29) is 18.0 Å². The molecule has 1 fully saturated rings. The van der Waals surface area contributed by atoms with Crippen molar-refractivity contribution in [2.75, 3.05) is 6.54 Å². The topological polar surface area (TPSA) is 79.4 Å². The summed E-state index contributed by atoms with van der Waals surface area (Å²) in [6.45, 7) is 0.174. The van der Waals surface area contributed by atoms with E-state index in [0.29, 0.717) is 29.8 Å². The monoisotopic (exact) mass is 507 g/mol. The zero-order valence-corrected chi connectivity index (χ0v) is 19.1. The highest BCUT2D eigenvalue weighted by atomic mass is 32.2. The number of sulfonamides is 1. The number of hydrogen-bond acceptors (Lipinski definition) is 4. The van der Waals surface area contributed by atoms with E-state index in [9.17, 15) is 30.8 Å². The van der Waals surface area contributed by atoms with E-state index >= 15 is 0 Å². The summed E-state index contributed by atoms with van der Waals surface area (Å²) in [5, 5.41) is 2.69. The van der Waals surface area contributed by atoms with Crippen LogP contribution in [0.3, 0.4) is 0 Å². The fourth-order valence-corrected chi connectivity index (χ4v) is 5.55. The van der Waals surface area contributed by atoms with E-state index < -0.39 is 39.5 Å². The lowest BCUT2D eigenvalue weighted by atomic mass is 10.1. The third-order valence-electron chi connectivity index (χ3n) is 5.69. The van der Waals surface area contributed by atoms with Gasteiger partial charge in [-0.05, 0) is 61.4 Å². The highest BCUT2D eigenvalue weighted by molar-refractivity contribution is 7.89. The number of alkyl halides is 3. The second kappa shape index (κ2) is 9.74. The predicted octanol–water partition coefficient (Wildman–Crippen LogP) is 4.38. The maximum atomic E-state index is 13.2. The van der Waals surface area contributed by atoms with Crippen LogP contribution in [0.25, 0.3) is 11.3 Å². The van der Waals surface area contributed by atoms with Crippen LogP contribution in [0.2, 0.25) is 0 Å². The number of halogens is 4. The zero-order chi connectivity index (χ0) is 25.2. The predicted molar refractivity (Wildman–Crippen MR) is 120 cm³/mol. The standard InChI is InChI=1S/C24H21F4N3O3S/c25-18-10-12-20(13-11-18)35(33,34)31-14-2-5-22(31)23(32)29-15-19-3-1-4-21(30-19)16-6-8-17(9-7-16)24(26,27)28/h1,3-4,6-13,22H,2,5,14-15H2,(H,29,32)/t22-/m0/s1. The molecule has 1 aliphatic heterocycles. The number of carbonyl (C=O) groups excluding carboxylic acids is 1. The van der Waals surface area contributed by atoms with Crippen molar-refractivity contribution in [3.05, 3.63) is 83.8 Å². The first-order valence-electron chi connectivity index (χ1n) is 10.7. The lowest BCUT2D eigenvalue weighted by Gasteiger charge is -2.23. The number of aromatic nitrogens is 1. The number of hydrogen-bond donors (Lipinski definition) is 1. The molecule has 1 atom stereocenters. The van der Waals surface area contributed by atoms with Gasteiger partial charge in [-0.15, -0.1) is 0 Å². The van der Waals surface area contributed by atoms with Crippen molar-refractivity contribution >= 4 is 15.9 Å². The van der Waals surface area contributed by atoms with Gasteiger partial charge >= 0.3 is 6.18 Å². The third-order valence-corrected chi connectivity index (χ3v) is 7.61. The largest absolute Gasteiger partial charge is 0.416 e. The molecule has 0 radical (unpaired) electrons. The number of nitrogens with zero attached hydrogens (tertiary/aromatic N) is 2. The zero-order valence-electron chi connectivity index (χ0n) is 18.3. The van der Waals surface area contributed by atoms with Crippen LogP contribution < -0.4 is 5.32 Å². The highest BCUT2D eigenvalue weighted by Crippen LogP contribution is 2.31. The van der Waals surface area contributed by atoms with Crippen LogP contribution in [-0.4, -0.2) is 36.2 Å². The molecule has 35 heavy (non-hydrogen) atoms. The molecule has 2 heterocycles. The third kappa shape index (κ3) is 5.51. The number of carbonyl (C=O) groups is 1.